The first kappa shape index (κ1) is 25.1. The zero-order chi connectivity index (χ0) is 26.5. The second kappa shape index (κ2) is 11.2. The van der Waals surface area contributed by atoms with Crippen LogP contribution in [-0.2, 0) is 16.0 Å². The van der Waals surface area contributed by atoms with Crippen LogP contribution in [0.2, 0.25) is 0 Å². The summed E-state index contributed by atoms with van der Waals surface area (Å²) in [5.41, 5.74) is 8.97. The highest BCUT2D eigenvalue weighted by Crippen LogP contribution is 2.24. The number of morpholine rings is 1. The molecular formula is C28H24N4O5S. The predicted molar refractivity (Wildman–Crippen MR) is 145 cm³/mol. The van der Waals surface area contributed by atoms with Crippen LogP contribution < -0.4 is 16.4 Å². The first-order valence-corrected chi connectivity index (χ1v) is 12.7. The molecule has 38 heavy (non-hydrogen) atoms. The Bertz CT molecular complexity index is 1630. The molecule has 2 amide bonds. The van der Waals surface area contributed by atoms with Gasteiger partial charge >= 0.3 is 5.76 Å². The minimum Gasteiger partial charge on any atom is -0.416 e. The average Bonchev–Trinajstić information content (AvgIpc) is 3.59. The van der Waals surface area contributed by atoms with Crippen LogP contribution in [0.1, 0.15) is 20.1 Å². The fourth-order valence-corrected chi connectivity index (χ4v) is 5.04. The number of rotatable bonds is 5. The number of oxazole rings is 1. The first-order chi connectivity index (χ1) is 18.5. The van der Waals surface area contributed by atoms with Crippen molar-refractivity contribution in [2.24, 2.45) is 5.73 Å². The Labute approximate surface area is 221 Å². The molecular weight excluding hydrogens is 504 g/mol. The lowest BCUT2D eigenvalue weighted by molar-refractivity contribution is -0.125. The predicted octanol–water partition coefficient (Wildman–Crippen LogP) is 3.78. The van der Waals surface area contributed by atoms with Gasteiger partial charge in [0, 0.05) is 35.1 Å². The summed E-state index contributed by atoms with van der Waals surface area (Å²) < 4.78 is 11.2. The number of aromatic nitrogens is 2. The summed E-state index contributed by atoms with van der Waals surface area (Å²) in [7, 11) is 0. The average molecular weight is 529 g/mol. The highest BCUT2D eigenvalue weighted by molar-refractivity contribution is 7.14. The lowest BCUT2D eigenvalue weighted by atomic mass is 10.0. The van der Waals surface area contributed by atoms with E-state index >= 15 is 0 Å². The number of benzene rings is 2. The zero-order valence-corrected chi connectivity index (χ0v) is 21.1. The number of pyridine rings is 1. The van der Waals surface area contributed by atoms with Crippen molar-refractivity contribution >= 4 is 39.7 Å². The van der Waals surface area contributed by atoms with Gasteiger partial charge in [0.2, 0.25) is 0 Å². The van der Waals surface area contributed by atoms with E-state index in [2.05, 4.69) is 17.1 Å². The molecule has 1 saturated heterocycles. The van der Waals surface area contributed by atoms with Crippen LogP contribution in [0, 0.1) is 0 Å². The number of primary amides is 1. The van der Waals surface area contributed by atoms with Crippen molar-refractivity contribution < 1.29 is 18.7 Å². The molecule has 0 bridgehead atoms. The molecule has 0 radical (unpaired) electrons. The molecule has 10 heteroatoms. The topological polar surface area (TPSA) is 121 Å². The van der Waals surface area contributed by atoms with Gasteiger partial charge in [-0.3, -0.25) is 14.6 Å². The second-order valence-electron chi connectivity index (χ2n) is 8.45. The molecule has 6 rings (SSSR count). The Morgan fingerprint density at radius 1 is 1.00 bits per heavy atom. The van der Waals surface area contributed by atoms with Gasteiger partial charge in [0.15, 0.2) is 0 Å². The van der Waals surface area contributed by atoms with E-state index in [0.29, 0.717) is 23.7 Å². The van der Waals surface area contributed by atoms with Gasteiger partial charge in [0.1, 0.15) is 12.9 Å². The van der Waals surface area contributed by atoms with Crippen molar-refractivity contribution in [2.75, 3.05) is 24.7 Å². The Hall–Kier alpha value is -4.54. The molecule has 0 atom stereocenters. The summed E-state index contributed by atoms with van der Waals surface area (Å²) in [5, 5.41) is 1.15. The van der Waals surface area contributed by atoms with Gasteiger partial charge in [-0.2, -0.15) is 0 Å². The van der Waals surface area contributed by atoms with Gasteiger partial charge < -0.3 is 19.8 Å². The van der Waals surface area contributed by atoms with Gasteiger partial charge in [-0.25, -0.2) is 9.36 Å². The quantitative estimate of drug-likeness (QED) is 0.371. The molecule has 9 nitrogen and oxygen atoms in total. The van der Waals surface area contributed by atoms with Gasteiger partial charge in [-0.05, 0) is 54.1 Å². The number of carbonyl (C=O) groups is 2. The normalized spacial score (nSPS) is 13.3. The number of nitrogens with zero attached hydrogens (tertiary/aromatic N) is 3. The van der Waals surface area contributed by atoms with Gasteiger partial charge in [0.25, 0.3) is 11.8 Å². The third kappa shape index (κ3) is 5.56. The number of amides is 2. The van der Waals surface area contributed by atoms with Crippen molar-refractivity contribution in [3.8, 4) is 5.69 Å². The SMILES string of the molecule is NC(=O)c1ccc(Cc2cccc3ncccc23)s1.O=C1COCCN1c1ccc(-n2ccoc2=O)cc1. The largest absolute Gasteiger partial charge is 0.423 e. The van der Waals surface area contributed by atoms with E-state index in [1.165, 1.54) is 27.7 Å². The van der Waals surface area contributed by atoms with Crippen LogP contribution in [-0.4, -0.2) is 41.1 Å². The van der Waals surface area contributed by atoms with Gasteiger partial charge in [-0.15, -0.1) is 11.3 Å². The van der Waals surface area contributed by atoms with E-state index in [1.807, 2.05) is 24.3 Å². The number of nitrogens with two attached hydrogens (primary N) is 1. The van der Waals surface area contributed by atoms with Crippen LogP contribution >= 0.6 is 11.3 Å². The fourth-order valence-electron chi connectivity index (χ4n) is 4.16. The van der Waals surface area contributed by atoms with Crippen LogP contribution in [0.25, 0.3) is 16.6 Å². The van der Waals surface area contributed by atoms with Gasteiger partial charge in [-0.1, -0.05) is 18.2 Å². The standard InChI is InChI=1S/C15H12N2OS.C13H12N2O4/c16-15(18)14-7-6-11(19-14)9-10-3-1-5-13-12(10)4-2-8-17-13;16-12-9-18-7-5-14(12)10-1-3-11(4-2-10)15-6-8-19-13(15)17/h1-8H,9H2,(H2,16,18);1-4,6,8H,5,7,9H2. The van der Waals surface area contributed by atoms with E-state index in [4.69, 9.17) is 14.9 Å². The van der Waals surface area contributed by atoms with Crippen LogP contribution in [0.4, 0.5) is 5.69 Å². The number of hydrogen-bond acceptors (Lipinski definition) is 7. The molecule has 1 aliphatic rings. The fraction of sp³-hybridized carbons (Fsp3) is 0.143. The van der Waals surface area contributed by atoms with E-state index in [0.717, 1.165) is 27.9 Å². The van der Waals surface area contributed by atoms with Crippen LogP contribution in [0.3, 0.4) is 0 Å². The third-order valence-electron chi connectivity index (χ3n) is 6.01. The minimum atomic E-state index is -0.435. The molecule has 2 aromatic carbocycles. The molecule has 0 saturated carbocycles. The van der Waals surface area contributed by atoms with E-state index in [9.17, 15) is 14.4 Å². The van der Waals surface area contributed by atoms with Crippen LogP contribution in [0.15, 0.2) is 94.6 Å². The number of ether oxygens (including phenoxy) is 1. The first-order valence-electron chi connectivity index (χ1n) is 11.9. The molecule has 5 aromatic rings. The number of carbonyl (C=O) groups excluding carboxylic acids is 2. The monoisotopic (exact) mass is 528 g/mol. The highest BCUT2D eigenvalue weighted by atomic mass is 32.1. The van der Waals surface area contributed by atoms with E-state index < -0.39 is 5.76 Å². The van der Waals surface area contributed by atoms with Crippen molar-refractivity contribution in [1.29, 1.82) is 0 Å². The van der Waals surface area contributed by atoms with Gasteiger partial charge in [0.05, 0.1) is 28.9 Å². The van der Waals surface area contributed by atoms with E-state index in [-0.39, 0.29) is 18.4 Å². The maximum absolute atomic E-state index is 11.7. The molecule has 1 aliphatic heterocycles. The van der Waals surface area contributed by atoms with Crippen molar-refractivity contribution in [3.63, 3.8) is 0 Å². The Balaban J connectivity index is 0.000000155. The Morgan fingerprint density at radius 3 is 2.53 bits per heavy atom. The molecule has 1 fully saturated rings. The summed E-state index contributed by atoms with van der Waals surface area (Å²) in [6.45, 7) is 1.20. The van der Waals surface area contributed by atoms with E-state index in [1.54, 1.807) is 47.6 Å². The molecule has 192 valence electrons. The van der Waals surface area contributed by atoms with Crippen molar-refractivity contribution in [2.45, 2.75) is 6.42 Å². The van der Waals surface area contributed by atoms with Crippen LogP contribution in [0.5, 0.6) is 0 Å². The Morgan fingerprint density at radius 2 is 1.82 bits per heavy atom. The number of hydrogen-bond donors (Lipinski definition) is 1. The molecule has 0 spiro atoms. The minimum absolute atomic E-state index is 0.0560. The summed E-state index contributed by atoms with van der Waals surface area (Å²) in [6.07, 6.45) is 5.47. The third-order valence-corrected chi connectivity index (χ3v) is 7.11. The molecule has 3 aromatic heterocycles. The Kier molecular flexibility index (Phi) is 7.43. The maximum Gasteiger partial charge on any atom is 0.423 e. The molecule has 2 N–H and O–H groups in total. The second-order valence-corrected chi connectivity index (χ2v) is 9.62. The van der Waals surface area contributed by atoms with Crippen molar-refractivity contribution in [3.05, 3.63) is 111 Å². The number of anilines is 1. The highest BCUT2D eigenvalue weighted by Gasteiger charge is 2.20. The number of thiophene rings is 1. The zero-order valence-electron chi connectivity index (χ0n) is 20.3. The summed E-state index contributed by atoms with van der Waals surface area (Å²) >= 11 is 1.45. The molecule has 4 heterocycles. The van der Waals surface area contributed by atoms with Crippen molar-refractivity contribution in [1.82, 2.24) is 9.55 Å². The lowest BCUT2D eigenvalue weighted by Crippen LogP contribution is -2.41. The maximum atomic E-state index is 11.7. The summed E-state index contributed by atoms with van der Waals surface area (Å²) in [5.74, 6) is -0.856. The molecule has 0 unspecified atom stereocenters. The summed E-state index contributed by atoms with van der Waals surface area (Å²) in [6, 6.07) is 21.0. The smallest absolute Gasteiger partial charge is 0.416 e. The lowest BCUT2D eigenvalue weighted by Gasteiger charge is -2.26. The summed E-state index contributed by atoms with van der Waals surface area (Å²) in [4.78, 5) is 41.9. The number of fused-ring (bicyclic) bond motifs is 1. The molecule has 0 aliphatic carbocycles.